The maximum absolute atomic E-state index is 14.1. The summed E-state index contributed by atoms with van der Waals surface area (Å²) in [6.07, 6.45) is 12.8. The number of ether oxygens (including phenoxy) is 1. The molecule has 170 valence electrons. The van der Waals surface area contributed by atoms with E-state index in [2.05, 4.69) is 24.9 Å². The van der Waals surface area contributed by atoms with Gasteiger partial charge < -0.3 is 9.64 Å². The fraction of sp³-hybridized carbons (Fsp3) is 0.200. The molecule has 1 aromatic carbocycles. The van der Waals surface area contributed by atoms with Crippen molar-refractivity contribution < 1.29 is 13.9 Å². The Morgan fingerprint density at radius 1 is 1.00 bits per heavy atom. The topological polar surface area (TPSA) is 94.0 Å². The molecule has 0 saturated carbocycles. The third-order valence-electron chi connectivity index (χ3n) is 5.71. The number of carbonyl (C=O) groups is 1. The third-order valence-corrected chi connectivity index (χ3v) is 5.71. The third kappa shape index (κ3) is 4.59. The predicted octanol–water partition coefficient (Wildman–Crippen LogP) is 4.28. The first-order chi connectivity index (χ1) is 16.7. The van der Waals surface area contributed by atoms with E-state index in [1.807, 2.05) is 0 Å². The van der Waals surface area contributed by atoms with E-state index in [1.54, 1.807) is 60.1 Å². The van der Waals surface area contributed by atoms with Crippen LogP contribution in [0.3, 0.4) is 0 Å². The van der Waals surface area contributed by atoms with Gasteiger partial charge in [0.05, 0.1) is 5.56 Å². The number of halogens is 1. The molecule has 1 saturated heterocycles. The Labute approximate surface area is 195 Å². The highest BCUT2D eigenvalue weighted by Gasteiger charge is 2.29. The molecule has 5 rings (SSSR count). The van der Waals surface area contributed by atoms with Gasteiger partial charge in [-0.15, -0.1) is 0 Å². The van der Waals surface area contributed by atoms with E-state index in [0.29, 0.717) is 24.3 Å². The molecule has 4 aromatic rings. The van der Waals surface area contributed by atoms with Crippen molar-refractivity contribution in [3.8, 4) is 22.8 Å². The minimum atomic E-state index is -0.476. The van der Waals surface area contributed by atoms with Crippen molar-refractivity contribution in [1.82, 2.24) is 29.8 Å². The first-order valence-electron chi connectivity index (χ1n) is 10.9. The molecular weight excluding hydrogens is 435 g/mol. The van der Waals surface area contributed by atoms with Gasteiger partial charge in [0.1, 0.15) is 12.0 Å². The number of carbonyl (C=O) groups excluding carboxylic acids is 1. The van der Waals surface area contributed by atoms with E-state index in [1.165, 1.54) is 18.6 Å². The number of benzene rings is 1. The molecule has 0 N–H and O–H groups in total. The van der Waals surface area contributed by atoms with Crippen molar-refractivity contribution in [3.05, 3.63) is 90.9 Å². The summed E-state index contributed by atoms with van der Waals surface area (Å²) >= 11 is 0. The Morgan fingerprint density at radius 3 is 2.65 bits per heavy atom. The molecule has 0 radical (unpaired) electrons. The summed E-state index contributed by atoms with van der Waals surface area (Å²) < 4.78 is 19.9. The molecule has 1 atom stereocenters. The summed E-state index contributed by atoms with van der Waals surface area (Å²) in [6, 6.07) is 7.96. The molecule has 0 bridgehead atoms. The number of para-hydroxylation sites is 1. The van der Waals surface area contributed by atoms with Crippen LogP contribution in [0, 0.1) is 5.82 Å². The standard InChI is InChI=1S/C25H21FN6O2/c26-21-5-1-2-6-22(21)34-24-23(30-7-8-31-24)17-4-3-9-32(15-17)25(33)19-10-18(11-27-12-19)20-13-28-16-29-14-20/h1-2,5-8,10-14,16-17H,3-4,9,15H2/t17-/m0/s1. The normalized spacial score (nSPS) is 15.7. The molecule has 0 aliphatic carbocycles. The van der Waals surface area contributed by atoms with Crippen molar-refractivity contribution in [1.29, 1.82) is 0 Å². The summed E-state index contributed by atoms with van der Waals surface area (Å²) in [5.74, 6) is -0.348. The number of hydrogen-bond donors (Lipinski definition) is 0. The van der Waals surface area contributed by atoms with E-state index in [0.717, 1.165) is 24.0 Å². The summed E-state index contributed by atoms with van der Waals surface area (Å²) in [6.45, 7) is 1.07. The van der Waals surface area contributed by atoms with Gasteiger partial charge in [0.2, 0.25) is 5.88 Å². The van der Waals surface area contributed by atoms with Crippen molar-refractivity contribution in [2.24, 2.45) is 0 Å². The van der Waals surface area contributed by atoms with Crippen LogP contribution in [0.2, 0.25) is 0 Å². The largest absolute Gasteiger partial charge is 0.434 e. The minimum Gasteiger partial charge on any atom is -0.434 e. The van der Waals surface area contributed by atoms with Gasteiger partial charge in [0, 0.05) is 67.3 Å². The van der Waals surface area contributed by atoms with Crippen LogP contribution in [-0.4, -0.2) is 48.8 Å². The Bertz CT molecular complexity index is 1300. The second-order valence-corrected chi connectivity index (χ2v) is 7.96. The van der Waals surface area contributed by atoms with Gasteiger partial charge in [-0.2, -0.15) is 0 Å². The Kier molecular flexibility index (Phi) is 6.15. The van der Waals surface area contributed by atoms with Gasteiger partial charge in [-0.1, -0.05) is 12.1 Å². The molecule has 8 nitrogen and oxygen atoms in total. The summed E-state index contributed by atoms with van der Waals surface area (Å²) in [5.41, 5.74) is 2.66. The summed E-state index contributed by atoms with van der Waals surface area (Å²) in [4.78, 5) is 36.2. The average Bonchev–Trinajstić information content (AvgIpc) is 2.90. The van der Waals surface area contributed by atoms with E-state index in [4.69, 9.17) is 4.74 Å². The molecule has 0 spiro atoms. The van der Waals surface area contributed by atoms with Crippen LogP contribution in [-0.2, 0) is 0 Å². The highest BCUT2D eigenvalue weighted by molar-refractivity contribution is 5.95. The predicted molar refractivity (Wildman–Crippen MR) is 122 cm³/mol. The number of pyridine rings is 1. The van der Waals surface area contributed by atoms with Gasteiger partial charge in [0.15, 0.2) is 11.6 Å². The van der Waals surface area contributed by atoms with Crippen molar-refractivity contribution in [2.45, 2.75) is 18.8 Å². The zero-order valence-corrected chi connectivity index (χ0v) is 18.2. The Balaban J connectivity index is 1.36. The maximum Gasteiger partial charge on any atom is 0.255 e. The van der Waals surface area contributed by atoms with E-state index in [9.17, 15) is 9.18 Å². The van der Waals surface area contributed by atoms with Crippen molar-refractivity contribution >= 4 is 5.91 Å². The lowest BCUT2D eigenvalue weighted by molar-refractivity contribution is 0.0704. The van der Waals surface area contributed by atoms with Gasteiger partial charge in [-0.3, -0.25) is 14.8 Å². The molecular formula is C25H21FN6O2. The fourth-order valence-electron chi connectivity index (χ4n) is 4.06. The van der Waals surface area contributed by atoms with Crippen molar-refractivity contribution in [2.75, 3.05) is 13.1 Å². The van der Waals surface area contributed by atoms with Gasteiger partial charge in [0.25, 0.3) is 5.91 Å². The molecule has 3 aromatic heterocycles. The smallest absolute Gasteiger partial charge is 0.255 e. The van der Waals surface area contributed by atoms with Gasteiger partial charge in [-0.25, -0.2) is 19.3 Å². The number of nitrogens with zero attached hydrogens (tertiary/aromatic N) is 6. The van der Waals surface area contributed by atoms with E-state index in [-0.39, 0.29) is 23.5 Å². The molecule has 1 fully saturated rings. The molecule has 34 heavy (non-hydrogen) atoms. The number of piperidine rings is 1. The van der Waals surface area contributed by atoms with E-state index >= 15 is 0 Å². The summed E-state index contributed by atoms with van der Waals surface area (Å²) in [5, 5.41) is 0. The van der Waals surface area contributed by atoms with Crippen LogP contribution >= 0.6 is 0 Å². The number of likely N-dealkylation sites (tertiary alicyclic amines) is 1. The highest BCUT2D eigenvalue weighted by atomic mass is 19.1. The van der Waals surface area contributed by atoms with Crippen LogP contribution in [0.25, 0.3) is 11.1 Å². The fourth-order valence-corrected chi connectivity index (χ4v) is 4.06. The Hall–Kier alpha value is -4.27. The Morgan fingerprint density at radius 2 is 1.79 bits per heavy atom. The maximum atomic E-state index is 14.1. The first kappa shape index (κ1) is 21.6. The quantitative estimate of drug-likeness (QED) is 0.442. The van der Waals surface area contributed by atoms with Gasteiger partial charge in [-0.05, 0) is 31.0 Å². The van der Waals surface area contributed by atoms with Crippen LogP contribution in [0.1, 0.15) is 34.8 Å². The zero-order valence-electron chi connectivity index (χ0n) is 18.2. The van der Waals surface area contributed by atoms with Crippen LogP contribution < -0.4 is 4.74 Å². The monoisotopic (exact) mass is 456 g/mol. The average molecular weight is 456 g/mol. The minimum absolute atomic E-state index is 0.0840. The molecule has 9 heteroatoms. The second-order valence-electron chi connectivity index (χ2n) is 7.96. The number of aromatic nitrogens is 5. The molecule has 1 aliphatic heterocycles. The number of rotatable bonds is 5. The van der Waals surface area contributed by atoms with Crippen molar-refractivity contribution in [3.63, 3.8) is 0 Å². The van der Waals surface area contributed by atoms with E-state index < -0.39 is 5.82 Å². The van der Waals surface area contributed by atoms with Crippen LogP contribution in [0.5, 0.6) is 11.6 Å². The molecule has 4 heterocycles. The zero-order chi connectivity index (χ0) is 23.3. The molecule has 1 amide bonds. The second kappa shape index (κ2) is 9.70. The summed E-state index contributed by atoms with van der Waals surface area (Å²) in [7, 11) is 0. The highest BCUT2D eigenvalue weighted by Crippen LogP contribution is 2.33. The molecule has 1 aliphatic rings. The van der Waals surface area contributed by atoms with Crippen LogP contribution in [0.15, 0.2) is 73.8 Å². The lowest BCUT2D eigenvalue weighted by Gasteiger charge is -2.32. The van der Waals surface area contributed by atoms with Gasteiger partial charge >= 0.3 is 0 Å². The molecule has 0 unspecified atom stereocenters. The lowest BCUT2D eigenvalue weighted by atomic mass is 9.94. The number of hydrogen-bond acceptors (Lipinski definition) is 7. The lowest BCUT2D eigenvalue weighted by Crippen LogP contribution is -2.39. The van der Waals surface area contributed by atoms with Crippen LogP contribution in [0.4, 0.5) is 4.39 Å². The SMILES string of the molecule is O=C(c1cncc(-c2cncnc2)c1)N1CCC[C@H](c2nccnc2Oc2ccccc2F)C1. The number of amides is 1. The first-order valence-corrected chi connectivity index (χ1v) is 10.9.